The molecular weight excluding hydrogens is 454 g/mol. The van der Waals surface area contributed by atoms with Gasteiger partial charge in [0.25, 0.3) is 12.3 Å². The van der Waals surface area contributed by atoms with Gasteiger partial charge in [0, 0.05) is 26.2 Å². The average Bonchev–Trinajstić information content (AvgIpc) is 3.62. The van der Waals surface area contributed by atoms with Gasteiger partial charge in [-0.1, -0.05) is 11.6 Å². The van der Waals surface area contributed by atoms with Crippen molar-refractivity contribution in [2.75, 3.05) is 26.7 Å². The van der Waals surface area contributed by atoms with Crippen molar-refractivity contribution in [2.45, 2.75) is 63.0 Å². The standard InChI is InChI=1S/C23H27ClF2N4O3/c1-33-16-6-4-15(5-7-16)29-9-8-28(12-19(29)31)23(32)21-20(24)17-10-14(13-2-3-13)11-18(22(25)26)30(17)27-21/h10-11,13,15-16,22H,2-9,12H2,1H3. The Labute approximate surface area is 195 Å². The average molecular weight is 481 g/mol. The number of pyridine rings is 1. The van der Waals surface area contributed by atoms with E-state index in [0.717, 1.165) is 48.6 Å². The molecule has 0 spiro atoms. The van der Waals surface area contributed by atoms with E-state index >= 15 is 0 Å². The van der Waals surface area contributed by atoms with E-state index in [-0.39, 0.29) is 46.9 Å². The minimum Gasteiger partial charge on any atom is -0.381 e. The largest absolute Gasteiger partial charge is 0.381 e. The number of carbonyl (C=O) groups is 2. The summed E-state index contributed by atoms with van der Waals surface area (Å²) in [6, 6.07) is 3.36. The molecule has 0 atom stereocenters. The SMILES string of the molecule is COC1CCC(N2CCN(C(=O)c3nn4c(C(F)F)cc(C5CC5)cc4c3Cl)CC2=O)CC1. The Balaban J connectivity index is 1.35. The third-order valence-electron chi connectivity index (χ3n) is 7.16. The Morgan fingerprint density at radius 3 is 2.48 bits per heavy atom. The third-order valence-corrected chi connectivity index (χ3v) is 7.53. The van der Waals surface area contributed by atoms with Gasteiger partial charge in [-0.15, -0.1) is 0 Å². The van der Waals surface area contributed by atoms with Crippen LogP contribution in [0.1, 0.15) is 72.6 Å². The van der Waals surface area contributed by atoms with Crippen molar-refractivity contribution < 1.29 is 23.1 Å². The first kappa shape index (κ1) is 22.5. The molecule has 33 heavy (non-hydrogen) atoms. The van der Waals surface area contributed by atoms with Gasteiger partial charge >= 0.3 is 0 Å². The molecule has 2 saturated carbocycles. The first-order chi connectivity index (χ1) is 15.9. The Bertz CT molecular complexity index is 1080. The number of hydrogen-bond donors (Lipinski definition) is 0. The van der Waals surface area contributed by atoms with Gasteiger partial charge in [-0.25, -0.2) is 13.3 Å². The second-order valence-electron chi connectivity index (χ2n) is 9.23. The third kappa shape index (κ3) is 4.21. The van der Waals surface area contributed by atoms with Crippen LogP contribution < -0.4 is 0 Å². The van der Waals surface area contributed by atoms with E-state index in [1.807, 2.05) is 4.90 Å². The highest BCUT2D eigenvalue weighted by Crippen LogP contribution is 2.42. The number of ether oxygens (including phenoxy) is 1. The zero-order chi connectivity index (χ0) is 23.3. The van der Waals surface area contributed by atoms with Gasteiger partial charge in [-0.3, -0.25) is 9.59 Å². The lowest BCUT2D eigenvalue weighted by Gasteiger charge is -2.41. The molecule has 1 saturated heterocycles. The molecule has 7 nitrogen and oxygen atoms in total. The summed E-state index contributed by atoms with van der Waals surface area (Å²) >= 11 is 6.48. The van der Waals surface area contributed by atoms with Crippen molar-refractivity contribution in [3.63, 3.8) is 0 Å². The summed E-state index contributed by atoms with van der Waals surface area (Å²) in [6.45, 7) is 0.724. The van der Waals surface area contributed by atoms with Crippen LogP contribution in [0.25, 0.3) is 5.52 Å². The maximum Gasteiger partial charge on any atom is 0.280 e. The lowest BCUT2D eigenvalue weighted by molar-refractivity contribution is -0.139. The van der Waals surface area contributed by atoms with Gasteiger partial charge in [0.15, 0.2) is 5.69 Å². The van der Waals surface area contributed by atoms with E-state index < -0.39 is 12.3 Å². The lowest BCUT2D eigenvalue weighted by Crippen LogP contribution is -2.56. The van der Waals surface area contributed by atoms with Crippen LogP contribution in [0.4, 0.5) is 8.78 Å². The van der Waals surface area contributed by atoms with E-state index in [1.165, 1.54) is 11.0 Å². The molecule has 0 bridgehead atoms. The number of amides is 2. The molecule has 3 fully saturated rings. The number of rotatable bonds is 5. The zero-order valence-electron chi connectivity index (χ0n) is 18.5. The fourth-order valence-corrected chi connectivity index (χ4v) is 5.35. The van der Waals surface area contributed by atoms with E-state index in [4.69, 9.17) is 16.3 Å². The van der Waals surface area contributed by atoms with E-state index in [9.17, 15) is 18.4 Å². The van der Waals surface area contributed by atoms with Crippen molar-refractivity contribution >= 4 is 28.9 Å². The number of carbonyl (C=O) groups excluding carboxylic acids is 2. The second-order valence-corrected chi connectivity index (χ2v) is 9.61. The number of hydrogen-bond acceptors (Lipinski definition) is 4. The molecule has 0 radical (unpaired) electrons. The van der Waals surface area contributed by atoms with Crippen molar-refractivity contribution in [1.29, 1.82) is 0 Å². The highest BCUT2D eigenvalue weighted by Gasteiger charge is 2.36. The van der Waals surface area contributed by atoms with Crippen LogP contribution in [0.15, 0.2) is 12.1 Å². The highest BCUT2D eigenvalue weighted by molar-refractivity contribution is 6.36. The predicted molar refractivity (Wildman–Crippen MR) is 118 cm³/mol. The van der Waals surface area contributed by atoms with E-state index in [1.54, 1.807) is 13.2 Å². The maximum atomic E-state index is 13.7. The molecule has 3 heterocycles. The quantitative estimate of drug-likeness (QED) is 0.647. The number of alkyl halides is 2. The van der Waals surface area contributed by atoms with Crippen LogP contribution in [-0.4, -0.2) is 70.1 Å². The number of halogens is 3. The van der Waals surface area contributed by atoms with Crippen molar-refractivity contribution in [2.24, 2.45) is 0 Å². The number of aromatic nitrogens is 2. The summed E-state index contributed by atoms with van der Waals surface area (Å²) in [5.74, 6) is -0.366. The summed E-state index contributed by atoms with van der Waals surface area (Å²) in [7, 11) is 1.71. The molecule has 0 aromatic carbocycles. The Morgan fingerprint density at radius 1 is 1.15 bits per heavy atom. The smallest absolute Gasteiger partial charge is 0.280 e. The fourth-order valence-electron chi connectivity index (χ4n) is 5.10. The van der Waals surface area contributed by atoms with Gasteiger partial charge in [-0.2, -0.15) is 5.10 Å². The van der Waals surface area contributed by atoms with Gasteiger partial charge in [0.05, 0.1) is 16.6 Å². The first-order valence-electron chi connectivity index (χ1n) is 11.5. The number of nitrogens with zero attached hydrogens (tertiary/aromatic N) is 4. The number of fused-ring (bicyclic) bond motifs is 1. The minimum atomic E-state index is -2.75. The molecule has 10 heteroatoms. The molecule has 2 aromatic rings. The molecule has 1 aliphatic heterocycles. The predicted octanol–water partition coefficient (Wildman–Crippen LogP) is 4.04. The first-order valence-corrected chi connectivity index (χ1v) is 11.9. The van der Waals surface area contributed by atoms with Crippen LogP contribution >= 0.6 is 11.6 Å². The highest BCUT2D eigenvalue weighted by atomic mass is 35.5. The molecule has 0 unspecified atom stereocenters. The van der Waals surface area contributed by atoms with Gasteiger partial charge in [-0.05, 0) is 62.1 Å². The molecule has 2 aromatic heterocycles. The fraction of sp³-hybridized carbons (Fsp3) is 0.609. The molecule has 2 amide bonds. The Morgan fingerprint density at radius 2 is 1.88 bits per heavy atom. The monoisotopic (exact) mass is 480 g/mol. The topological polar surface area (TPSA) is 67.2 Å². The summed E-state index contributed by atoms with van der Waals surface area (Å²) in [5, 5.41) is 4.21. The van der Waals surface area contributed by atoms with E-state index in [0.29, 0.717) is 18.6 Å². The van der Waals surface area contributed by atoms with Crippen molar-refractivity contribution in [3.05, 3.63) is 34.1 Å². The van der Waals surface area contributed by atoms with Gasteiger partial charge in [0.1, 0.15) is 12.2 Å². The van der Waals surface area contributed by atoms with E-state index in [2.05, 4.69) is 5.10 Å². The summed E-state index contributed by atoms with van der Waals surface area (Å²) < 4.78 is 33.9. The maximum absolute atomic E-state index is 13.7. The lowest BCUT2D eigenvalue weighted by atomic mass is 9.91. The second kappa shape index (κ2) is 8.83. The summed E-state index contributed by atoms with van der Waals surface area (Å²) in [4.78, 5) is 29.3. The molecule has 0 N–H and O–H groups in total. The summed E-state index contributed by atoms with van der Waals surface area (Å²) in [6.07, 6.45) is 3.01. The van der Waals surface area contributed by atoms with Gasteiger partial charge in [0.2, 0.25) is 5.91 Å². The van der Waals surface area contributed by atoms with Crippen molar-refractivity contribution in [1.82, 2.24) is 19.4 Å². The zero-order valence-corrected chi connectivity index (χ0v) is 19.2. The van der Waals surface area contributed by atoms with Crippen LogP contribution in [0.3, 0.4) is 0 Å². The molecule has 3 aliphatic rings. The molecular formula is C23H27ClF2N4O3. The number of piperazine rings is 1. The Kier molecular flexibility index (Phi) is 6.03. The normalized spacial score (nSPS) is 24.2. The minimum absolute atomic E-state index is 0.0529. The van der Waals surface area contributed by atoms with Gasteiger partial charge < -0.3 is 14.5 Å². The van der Waals surface area contributed by atoms with Crippen LogP contribution in [0.2, 0.25) is 5.02 Å². The van der Waals surface area contributed by atoms with Crippen LogP contribution in [-0.2, 0) is 9.53 Å². The molecule has 5 rings (SSSR count). The Hall–Kier alpha value is -2.26. The van der Waals surface area contributed by atoms with Crippen LogP contribution in [0.5, 0.6) is 0 Å². The molecule has 178 valence electrons. The number of methoxy groups -OCH3 is 1. The van der Waals surface area contributed by atoms with Crippen molar-refractivity contribution in [3.8, 4) is 0 Å². The summed E-state index contributed by atoms with van der Waals surface area (Å²) in [5.41, 5.74) is 0.737. The van der Waals surface area contributed by atoms with Crippen LogP contribution in [0, 0.1) is 0 Å². The molecule has 2 aliphatic carbocycles.